The van der Waals surface area contributed by atoms with Crippen molar-refractivity contribution in [2.24, 2.45) is 0 Å². The van der Waals surface area contributed by atoms with E-state index in [-0.39, 0.29) is 30.9 Å². The van der Waals surface area contributed by atoms with Gasteiger partial charge < -0.3 is 9.64 Å². The van der Waals surface area contributed by atoms with Crippen LogP contribution in [-0.4, -0.2) is 30.5 Å². The lowest BCUT2D eigenvalue weighted by Crippen LogP contribution is -2.41. The van der Waals surface area contributed by atoms with Gasteiger partial charge in [-0.05, 0) is 25.0 Å². The third kappa shape index (κ3) is 3.56. The number of carbonyl (C=O) groups is 1. The van der Waals surface area contributed by atoms with Gasteiger partial charge in [0.05, 0.1) is 18.0 Å². The molecule has 25 heavy (non-hydrogen) atoms. The topological polar surface area (TPSA) is 29.5 Å². The first-order chi connectivity index (χ1) is 12.2. The molecule has 132 valence electrons. The summed E-state index contributed by atoms with van der Waals surface area (Å²) >= 11 is 1.32. The molecule has 0 radical (unpaired) electrons. The zero-order valence-electron chi connectivity index (χ0n) is 14.4. The number of halogens is 1. The fourth-order valence-electron chi connectivity index (χ4n) is 3.61. The van der Waals surface area contributed by atoms with Gasteiger partial charge in [0.1, 0.15) is 5.82 Å². The molecule has 0 spiro atoms. The Labute approximate surface area is 151 Å². The number of methoxy groups -OCH3 is 1. The summed E-state index contributed by atoms with van der Waals surface area (Å²) in [6.07, 6.45) is 10.9. The maximum absolute atomic E-state index is 14.3. The Hall–Kier alpha value is -1.90. The van der Waals surface area contributed by atoms with Crippen LogP contribution in [0.15, 0.2) is 18.2 Å². The van der Waals surface area contributed by atoms with Gasteiger partial charge in [-0.15, -0.1) is 17.8 Å². The smallest absolute Gasteiger partial charge is 0.265 e. The Bertz CT molecular complexity index is 802. The van der Waals surface area contributed by atoms with Crippen molar-refractivity contribution in [1.82, 2.24) is 4.90 Å². The number of rotatable bonds is 5. The van der Waals surface area contributed by atoms with Gasteiger partial charge >= 0.3 is 0 Å². The zero-order valence-corrected chi connectivity index (χ0v) is 15.2. The van der Waals surface area contributed by atoms with E-state index in [1.165, 1.54) is 23.8 Å². The second kappa shape index (κ2) is 7.99. The zero-order chi connectivity index (χ0) is 17.8. The molecule has 0 aliphatic heterocycles. The van der Waals surface area contributed by atoms with Gasteiger partial charge in [-0.25, -0.2) is 4.39 Å². The van der Waals surface area contributed by atoms with E-state index in [2.05, 4.69) is 5.92 Å². The predicted octanol–water partition coefficient (Wildman–Crippen LogP) is 4.59. The summed E-state index contributed by atoms with van der Waals surface area (Å²) in [5, 5.41) is 0.488. The van der Waals surface area contributed by atoms with Crippen molar-refractivity contribution in [2.45, 2.75) is 44.8 Å². The number of fused-ring (bicyclic) bond motifs is 1. The van der Waals surface area contributed by atoms with Gasteiger partial charge in [-0.3, -0.25) is 4.79 Å². The second-order valence-corrected chi connectivity index (χ2v) is 7.44. The first-order valence-corrected chi connectivity index (χ1v) is 9.42. The number of benzene rings is 1. The largest absolute Gasteiger partial charge is 0.380 e. The Kier molecular flexibility index (Phi) is 5.72. The molecule has 0 atom stereocenters. The molecular weight excluding hydrogens is 337 g/mol. The molecule has 1 aliphatic rings. The molecule has 1 aliphatic carbocycles. The van der Waals surface area contributed by atoms with Gasteiger partial charge in [-0.1, -0.05) is 31.2 Å². The maximum atomic E-state index is 14.3. The van der Waals surface area contributed by atoms with E-state index in [0.717, 1.165) is 30.4 Å². The molecule has 3 rings (SSSR count). The molecule has 2 aromatic rings. The highest BCUT2D eigenvalue weighted by molar-refractivity contribution is 7.21. The Balaban J connectivity index is 2.03. The van der Waals surface area contributed by atoms with Crippen molar-refractivity contribution >= 4 is 27.3 Å². The Morgan fingerprint density at radius 2 is 2.16 bits per heavy atom. The van der Waals surface area contributed by atoms with E-state index >= 15 is 0 Å². The molecule has 5 heteroatoms. The minimum absolute atomic E-state index is 0.0995. The molecule has 1 heterocycles. The van der Waals surface area contributed by atoms with E-state index in [1.54, 1.807) is 18.1 Å². The summed E-state index contributed by atoms with van der Waals surface area (Å²) in [6, 6.07) is 5.09. The summed E-state index contributed by atoms with van der Waals surface area (Å²) in [5.41, 5.74) is 0.628. The van der Waals surface area contributed by atoms with Crippen LogP contribution in [-0.2, 0) is 11.3 Å². The van der Waals surface area contributed by atoms with Crippen molar-refractivity contribution < 1.29 is 13.9 Å². The number of ether oxygens (including phenoxy) is 1. The number of nitrogens with zero attached hydrogens (tertiary/aromatic N) is 1. The lowest BCUT2D eigenvalue weighted by atomic mass is 9.94. The highest BCUT2D eigenvalue weighted by Crippen LogP contribution is 2.35. The van der Waals surface area contributed by atoms with Crippen LogP contribution in [0.1, 0.15) is 47.3 Å². The number of carbonyl (C=O) groups excluding carboxylic acids is 1. The number of hydrogen-bond donors (Lipinski definition) is 0. The van der Waals surface area contributed by atoms with Crippen molar-refractivity contribution in [2.75, 3.05) is 13.7 Å². The fourth-order valence-corrected chi connectivity index (χ4v) is 4.79. The monoisotopic (exact) mass is 359 g/mol. The fraction of sp³-hybridized carbons (Fsp3) is 0.450. The van der Waals surface area contributed by atoms with Crippen LogP contribution < -0.4 is 0 Å². The van der Waals surface area contributed by atoms with E-state index in [0.29, 0.717) is 15.8 Å². The van der Waals surface area contributed by atoms with Crippen molar-refractivity contribution in [3.05, 3.63) is 34.5 Å². The third-order valence-electron chi connectivity index (χ3n) is 4.78. The highest BCUT2D eigenvalue weighted by Gasteiger charge is 2.29. The van der Waals surface area contributed by atoms with Crippen LogP contribution in [0.4, 0.5) is 4.39 Å². The minimum Gasteiger partial charge on any atom is -0.380 e. The normalized spacial score (nSPS) is 15.2. The maximum Gasteiger partial charge on any atom is 0.265 e. The summed E-state index contributed by atoms with van der Waals surface area (Å²) in [6.45, 7) is 0.489. The summed E-state index contributed by atoms with van der Waals surface area (Å²) in [4.78, 5) is 15.6. The number of hydrogen-bond acceptors (Lipinski definition) is 3. The summed E-state index contributed by atoms with van der Waals surface area (Å²) in [7, 11) is 1.55. The Morgan fingerprint density at radius 1 is 1.40 bits per heavy atom. The van der Waals surface area contributed by atoms with Crippen molar-refractivity contribution in [3.63, 3.8) is 0 Å². The summed E-state index contributed by atoms with van der Waals surface area (Å²) in [5.74, 6) is 2.20. The molecule has 0 saturated heterocycles. The average Bonchev–Trinajstić information content (AvgIpc) is 3.00. The number of thiophene rings is 1. The molecule has 1 saturated carbocycles. The van der Waals surface area contributed by atoms with Crippen LogP contribution in [0.2, 0.25) is 0 Å². The van der Waals surface area contributed by atoms with E-state index in [1.807, 2.05) is 6.07 Å². The molecule has 1 fully saturated rings. The first-order valence-electron chi connectivity index (χ1n) is 8.60. The van der Waals surface area contributed by atoms with Gasteiger partial charge in [0.25, 0.3) is 5.91 Å². The third-order valence-corrected chi connectivity index (χ3v) is 5.97. The first kappa shape index (κ1) is 17.9. The van der Waals surface area contributed by atoms with Gasteiger partial charge in [-0.2, -0.15) is 0 Å². The number of terminal acetylenes is 1. The highest BCUT2D eigenvalue weighted by atomic mass is 32.1. The SMILES string of the molecule is C#CCN(C(=O)c1sc2cccc(F)c2c1COC)C1CCCCC1. The average molecular weight is 359 g/mol. The van der Waals surface area contributed by atoms with Crippen LogP contribution in [0.5, 0.6) is 0 Å². The molecule has 1 aromatic heterocycles. The van der Waals surface area contributed by atoms with Gasteiger partial charge in [0.2, 0.25) is 0 Å². The van der Waals surface area contributed by atoms with Gasteiger partial charge in [0.15, 0.2) is 0 Å². The summed E-state index contributed by atoms with van der Waals surface area (Å²) < 4.78 is 20.4. The standard InChI is InChI=1S/C20H22FNO2S/c1-3-12-22(14-8-5-4-6-9-14)20(23)19-15(13-24-2)18-16(21)10-7-11-17(18)25-19/h1,7,10-11,14H,4-6,8-9,12-13H2,2H3. The van der Waals surface area contributed by atoms with E-state index in [4.69, 9.17) is 11.2 Å². The minimum atomic E-state index is -0.319. The molecule has 3 nitrogen and oxygen atoms in total. The van der Waals surface area contributed by atoms with Crippen LogP contribution in [0.25, 0.3) is 10.1 Å². The lowest BCUT2D eigenvalue weighted by Gasteiger charge is -2.33. The van der Waals surface area contributed by atoms with Crippen LogP contribution in [0.3, 0.4) is 0 Å². The molecule has 1 aromatic carbocycles. The molecule has 0 unspecified atom stereocenters. The van der Waals surface area contributed by atoms with E-state index in [9.17, 15) is 9.18 Å². The number of amides is 1. The van der Waals surface area contributed by atoms with Crippen LogP contribution >= 0.6 is 11.3 Å². The molecule has 0 bridgehead atoms. The predicted molar refractivity (Wildman–Crippen MR) is 99.2 cm³/mol. The molecular formula is C20H22FNO2S. The lowest BCUT2D eigenvalue weighted by molar-refractivity contribution is 0.0668. The van der Waals surface area contributed by atoms with Crippen molar-refractivity contribution in [3.8, 4) is 12.3 Å². The Morgan fingerprint density at radius 3 is 2.84 bits per heavy atom. The molecule has 1 amide bonds. The van der Waals surface area contributed by atoms with Crippen LogP contribution in [0, 0.1) is 18.2 Å². The quantitative estimate of drug-likeness (QED) is 0.731. The molecule has 0 N–H and O–H groups in total. The second-order valence-electron chi connectivity index (χ2n) is 6.38. The van der Waals surface area contributed by atoms with Gasteiger partial charge in [0, 0.05) is 28.8 Å². The van der Waals surface area contributed by atoms with E-state index < -0.39 is 0 Å². The van der Waals surface area contributed by atoms with Crippen molar-refractivity contribution in [1.29, 1.82) is 0 Å².